The summed E-state index contributed by atoms with van der Waals surface area (Å²) in [6, 6.07) is 0. The van der Waals surface area contributed by atoms with Gasteiger partial charge in [-0.1, -0.05) is 24.7 Å². The lowest BCUT2D eigenvalue weighted by molar-refractivity contribution is 0.538. The summed E-state index contributed by atoms with van der Waals surface area (Å²) in [6.45, 7) is 1.93. The van der Waals surface area contributed by atoms with Crippen molar-refractivity contribution >= 4 is 43.5 Å². The second-order valence-electron chi connectivity index (χ2n) is 2.74. The number of H-pyrrole nitrogens is 1. The van der Waals surface area contributed by atoms with Crippen LogP contribution in [0.25, 0.3) is 0 Å². The summed E-state index contributed by atoms with van der Waals surface area (Å²) in [5.74, 6) is 0. The Morgan fingerprint density at radius 1 is 1.79 bits per heavy atom. The minimum Gasteiger partial charge on any atom is -0.305 e. The van der Waals surface area contributed by atoms with Crippen LogP contribution in [0.5, 0.6) is 0 Å². The first kappa shape index (κ1) is 12.2. The first-order valence-electron chi connectivity index (χ1n) is 3.97. The van der Waals surface area contributed by atoms with Crippen molar-refractivity contribution in [3.8, 4) is 0 Å². The average Bonchev–Trinajstić information content (AvgIpc) is 2.45. The Kier molecular flexibility index (Phi) is 4.14. The normalized spacial score (nSPS) is 17.6. The fourth-order valence-electron chi connectivity index (χ4n) is 1.04. The summed E-state index contributed by atoms with van der Waals surface area (Å²) >= 11 is 10.6. The van der Waals surface area contributed by atoms with E-state index in [1.807, 2.05) is 6.92 Å². The molecule has 0 spiro atoms. The largest absolute Gasteiger partial charge is 0.305 e. The maximum atomic E-state index is 11.4. The highest BCUT2D eigenvalue weighted by atomic mass is 32.8. The number of aromatic nitrogens is 2. The van der Waals surface area contributed by atoms with Crippen LogP contribution in [0.1, 0.15) is 30.0 Å². The number of rotatable bonds is 4. The highest BCUT2D eigenvalue weighted by molar-refractivity contribution is 8.29. The van der Waals surface area contributed by atoms with Crippen molar-refractivity contribution in [1.82, 2.24) is 10.2 Å². The van der Waals surface area contributed by atoms with E-state index in [0.29, 0.717) is 15.4 Å². The number of hydrogen-bond acceptors (Lipinski definition) is 5. The predicted molar refractivity (Wildman–Crippen MR) is 63.1 cm³/mol. The van der Waals surface area contributed by atoms with E-state index < -0.39 is 14.0 Å². The molecule has 0 amide bonds. The van der Waals surface area contributed by atoms with Gasteiger partial charge in [0.2, 0.25) is 0 Å². The SMILES string of the molecule is CCCC(c1n[nH]c(=S)s1)S(=O)(O)=S. The zero-order valence-electron chi connectivity index (χ0n) is 7.43. The van der Waals surface area contributed by atoms with Crippen molar-refractivity contribution in [2.24, 2.45) is 0 Å². The Labute approximate surface area is 96.3 Å². The van der Waals surface area contributed by atoms with Gasteiger partial charge < -0.3 is 4.55 Å². The summed E-state index contributed by atoms with van der Waals surface area (Å²) in [6.07, 6.45) is 1.33. The third kappa shape index (κ3) is 3.06. The lowest BCUT2D eigenvalue weighted by Gasteiger charge is -2.10. The minimum absolute atomic E-state index is 0.500. The van der Waals surface area contributed by atoms with E-state index in [2.05, 4.69) is 21.4 Å². The Morgan fingerprint density at radius 2 is 2.43 bits per heavy atom. The molecule has 2 N–H and O–H groups in total. The van der Waals surface area contributed by atoms with Crippen LogP contribution in [0.15, 0.2) is 0 Å². The van der Waals surface area contributed by atoms with Gasteiger partial charge >= 0.3 is 0 Å². The van der Waals surface area contributed by atoms with Crippen LogP contribution >= 0.6 is 23.6 Å². The van der Waals surface area contributed by atoms with Gasteiger partial charge in [-0.15, -0.1) is 0 Å². The summed E-state index contributed by atoms with van der Waals surface area (Å²) in [7, 11) is -3.25. The molecular formula is C6H10N2O2S4. The zero-order chi connectivity index (χ0) is 10.8. The van der Waals surface area contributed by atoms with Crippen molar-refractivity contribution in [2.75, 3.05) is 0 Å². The van der Waals surface area contributed by atoms with Gasteiger partial charge in [-0.3, -0.25) is 5.10 Å². The molecule has 0 aromatic carbocycles. The minimum atomic E-state index is -3.25. The molecule has 0 aliphatic carbocycles. The fourth-order valence-corrected chi connectivity index (χ4v) is 4.09. The first-order valence-corrected chi connectivity index (χ1v) is 7.69. The van der Waals surface area contributed by atoms with E-state index in [-0.39, 0.29) is 0 Å². The van der Waals surface area contributed by atoms with Crippen LogP contribution in [-0.4, -0.2) is 19.0 Å². The van der Waals surface area contributed by atoms with Crippen LogP contribution in [0.2, 0.25) is 0 Å². The third-order valence-electron chi connectivity index (χ3n) is 1.64. The zero-order valence-corrected chi connectivity index (χ0v) is 10.7. The molecule has 1 aromatic rings. The smallest absolute Gasteiger partial charge is 0.176 e. The molecule has 8 heteroatoms. The van der Waals surface area contributed by atoms with Gasteiger partial charge in [0.05, 0.1) is 0 Å². The highest BCUT2D eigenvalue weighted by Gasteiger charge is 2.23. The first-order chi connectivity index (χ1) is 6.45. The van der Waals surface area contributed by atoms with Gasteiger partial charge in [0.25, 0.3) is 0 Å². The molecule has 0 saturated carbocycles. The van der Waals surface area contributed by atoms with E-state index in [1.54, 1.807) is 0 Å². The van der Waals surface area contributed by atoms with Crippen LogP contribution < -0.4 is 0 Å². The van der Waals surface area contributed by atoms with Crippen LogP contribution in [0.3, 0.4) is 0 Å². The van der Waals surface area contributed by atoms with E-state index in [4.69, 9.17) is 12.2 Å². The van der Waals surface area contributed by atoms with Gasteiger partial charge in [0.15, 0.2) is 12.7 Å². The van der Waals surface area contributed by atoms with Crippen molar-refractivity contribution in [3.63, 3.8) is 0 Å². The molecule has 2 atom stereocenters. The Bertz CT molecular complexity index is 446. The van der Waals surface area contributed by atoms with Gasteiger partial charge in [0.1, 0.15) is 10.3 Å². The standard InChI is InChI=1S/C6H10N2O2S4/c1-2-3-4(14(9,10)12)5-7-8-6(11)13-5/h4H,2-3H2,1H3,(H,8,11)(H,9,10,12). The third-order valence-corrected chi connectivity index (χ3v) is 4.87. The van der Waals surface area contributed by atoms with Crippen molar-refractivity contribution in [1.29, 1.82) is 0 Å². The summed E-state index contributed by atoms with van der Waals surface area (Å²) in [5, 5.41) is 6.41. The molecule has 2 unspecified atom stereocenters. The van der Waals surface area contributed by atoms with Gasteiger partial charge in [-0.25, -0.2) is 4.21 Å². The number of nitrogens with zero attached hydrogens (tertiary/aromatic N) is 1. The van der Waals surface area contributed by atoms with E-state index in [0.717, 1.165) is 6.42 Å². The molecule has 1 heterocycles. The molecule has 0 radical (unpaired) electrons. The van der Waals surface area contributed by atoms with Crippen LogP contribution in [-0.2, 0) is 20.0 Å². The number of aromatic amines is 1. The Hall–Kier alpha value is 0.110. The van der Waals surface area contributed by atoms with Gasteiger partial charge in [-0.05, 0) is 18.6 Å². The maximum absolute atomic E-state index is 11.4. The molecule has 80 valence electrons. The van der Waals surface area contributed by atoms with E-state index in [1.165, 1.54) is 11.3 Å². The monoisotopic (exact) mass is 270 g/mol. The lowest BCUT2D eigenvalue weighted by atomic mass is 10.2. The average molecular weight is 270 g/mol. The maximum Gasteiger partial charge on any atom is 0.176 e. The lowest BCUT2D eigenvalue weighted by Crippen LogP contribution is -2.10. The fraction of sp³-hybridized carbons (Fsp3) is 0.667. The Morgan fingerprint density at radius 3 is 2.79 bits per heavy atom. The molecule has 0 bridgehead atoms. The van der Waals surface area contributed by atoms with Crippen LogP contribution in [0.4, 0.5) is 0 Å². The van der Waals surface area contributed by atoms with Crippen LogP contribution in [0, 0.1) is 3.95 Å². The van der Waals surface area contributed by atoms with Crippen molar-refractivity contribution < 1.29 is 8.76 Å². The molecule has 0 aliphatic heterocycles. The predicted octanol–water partition coefficient (Wildman–Crippen LogP) is 2.26. The summed E-state index contributed by atoms with van der Waals surface area (Å²) < 4.78 is 21.2. The summed E-state index contributed by atoms with van der Waals surface area (Å²) in [5.41, 5.74) is 0. The molecular weight excluding hydrogens is 260 g/mol. The number of nitrogens with one attached hydrogen (secondary N) is 1. The van der Waals surface area contributed by atoms with E-state index >= 15 is 0 Å². The molecule has 4 nitrogen and oxygen atoms in total. The van der Waals surface area contributed by atoms with E-state index in [9.17, 15) is 8.76 Å². The number of hydrogen-bond donors (Lipinski definition) is 2. The second kappa shape index (κ2) is 4.75. The molecule has 1 rings (SSSR count). The van der Waals surface area contributed by atoms with Crippen molar-refractivity contribution in [2.45, 2.75) is 25.0 Å². The topological polar surface area (TPSA) is 66.0 Å². The molecule has 0 saturated heterocycles. The second-order valence-corrected chi connectivity index (χ2v) is 7.47. The van der Waals surface area contributed by atoms with Gasteiger partial charge in [0, 0.05) is 11.2 Å². The molecule has 0 aliphatic rings. The van der Waals surface area contributed by atoms with Gasteiger partial charge in [-0.2, -0.15) is 5.10 Å². The highest BCUT2D eigenvalue weighted by Crippen LogP contribution is 2.28. The molecule has 14 heavy (non-hydrogen) atoms. The van der Waals surface area contributed by atoms with Crippen molar-refractivity contribution in [3.05, 3.63) is 8.96 Å². The summed E-state index contributed by atoms with van der Waals surface area (Å²) in [4.78, 5) is 0. The Balaban J connectivity index is 3.06. The molecule has 0 fully saturated rings. The quantitative estimate of drug-likeness (QED) is 0.822. The molecule has 1 aromatic heterocycles.